The second kappa shape index (κ2) is 14.3. The van der Waals surface area contributed by atoms with Crippen molar-refractivity contribution in [2.45, 2.75) is 76.0 Å². The first-order chi connectivity index (χ1) is 21.6. The fraction of sp³-hybridized carbons (Fsp3) is 0.515. The number of nitrogens with zero attached hydrogens (tertiary/aromatic N) is 2. The van der Waals surface area contributed by atoms with Crippen molar-refractivity contribution >= 4 is 29.1 Å². The number of nitrogens with one attached hydrogen (secondary N) is 1. The average molecular weight is 621 g/mol. The molecule has 240 valence electrons. The molecule has 5 rings (SSSR count). The summed E-state index contributed by atoms with van der Waals surface area (Å²) >= 11 is 0. The molecule has 3 aliphatic rings. The van der Waals surface area contributed by atoms with Crippen molar-refractivity contribution in [3.05, 3.63) is 69.3 Å². The summed E-state index contributed by atoms with van der Waals surface area (Å²) in [5, 5.41) is 24.0. The van der Waals surface area contributed by atoms with E-state index in [0.29, 0.717) is 24.8 Å². The number of phenolic OH excluding ortho intramolecular Hbond substituents is 1. The highest BCUT2D eigenvalue weighted by molar-refractivity contribution is 5.98. The Bertz CT molecular complexity index is 1430. The number of carbonyl (C=O) groups is 4. The van der Waals surface area contributed by atoms with E-state index in [1.165, 1.54) is 12.5 Å². The van der Waals surface area contributed by atoms with Gasteiger partial charge in [-0.1, -0.05) is 36.8 Å². The molecule has 1 unspecified atom stereocenters. The Hall–Kier alpha value is -4.16. The number of hydrogen-bond acceptors (Lipinski definition) is 9. The second-order valence-electron chi connectivity index (χ2n) is 12.4. The van der Waals surface area contributed by atoms with E-state index < -0.39 is 58.1 Å². The van der Waals surface area contributed by atoms with Crippen LogP contribution in [0.5, 0.6) is 5.75 Å². The van der Waals surface area contributed by atoms with E-state index in [9.17, 15) is 34.4 Å². The number of epoxide rings is 1. The van der Waals surface area contributed by atoms with Gasteiger partial charge in [0.05, 0.1) is 11.0 Å². The SMILES string of the molecule is NC(=O)[C@H](CC(=O)[C@@H](Cc1ccc(O)c([N+](=O)[O-])c1)NC(=O)C1O[C@@H]1C(=O)CCCN1CCCCC1)C1Cc2ccccc2C1. The number of phenols is 1. The average Bonchev–Trinajstić information content (AvgIpc) is 3.72. The zero-order valence-corrected chi connectivity index (χ0v) is 25.2. The molecule has 12 heteroatoms. The maximum Gasteiger partial charge on any atom is 0.310 e. The van der Waals surface area contributed by atoms with E-state index in [1.54, 1.807) is 0 Å². The lowest BCUT2D eigenvalue weighted by molar-refractivity contribution is -0.385. The van der Waals surface area contributed by atoms with Gasteiger partial charge in [0.25, 0.3) is 5.91 Å². The Kier molecular flexibility index (Phi) is 10.2. The van der Waals surface area contributed by atoms with Gasteiger partial charge in [-0.25, -0.2) is 0 Å². The molecule has 0 spiro atoms. The van der Waals surface area contributed by atoms with Crippen LogP contribution in [0.15, 0.2) is 42.5 Å². The fourth-order valence-corrected chi connectivity index (χ4v) is 6.67. The minimum absolute atomic E-state index is 0.136. The van der Waals surface area contributed by atoms with Crippen molar-refractivity contribution in [2.75, 3.05) is 19.6 Å². The number of likely N-dealkylation sites (tertiary alicyclic amines) is 1. The number of Topliss-reactive ketones (excluding diaryl/α,β-unsaturated/α-hetero) is 2. The van der Waals surface area contributed by atoms with E-state index in [2.05, 4.69) is 10.2 Å². The molecule has 4 N–H and O–H groups in total. The number of nitro groups is 1. The predicted molar refractivity (Wildman–Crippen MR) is 163 cm³/mol. The molecule has 2 fully saturated rings. The number of ether oxygens (including phenoxy) is 1. The van der Waals surface area contributed by atoms with Crippen LogP contribution in [0, 0.1) is 22.0 Å². The maximum atomic E-state index is 13.7. The molecule has 2 heterocycles. The Morgan fingerprint density at radius 1 is 1.04 bits per heavy atom. The van der Waals surface area contributed by atoms with Gasteiger partial charge < -0.3 is 25.8 Å². The minimum Gasteiger partial charge on any atom is -0.502 e. The van der Waals surface area contributed by atoms with Gasteiger partial charge >= 0.3 is 5.69 Å². The van der Waals surface area contributed by atoms with Crippen molar-refractivity contribution in [1.29, 1.82) is 0 Å². The molecule has 2 aliphatic heterocycles. The normalized spacial score (nSPS) is 21.0. The number of benzene rings is 2. The summed E-state index contributed by atoms with van der Waals surface area (Å²) in [6.07, 6.45) is 3.41. The van der Waals surface area contributed by atoms with Crippen molar-refractivity contribution in [2.24, 2.45) is 17.6 Å². The Labute approximate surface area is 261 Å². The highest BCUT2D eigenvalue weighted by atomic mass is 16.6. The molecule has 2 aromatic carbocycles. The van der Waals surface area contributed by atoms with E-state index in [4.69, 9.17) is 10.5 Å². The van der Waals surface area contributed by atoms with E-state index in [-0.39, 0.29) is 31.0 Å². The number of carbonyl (C=O) groups excluding carboxylic acids is 4. The molecule has 0 bridgehead atoms. The second-order valence-corrected chi connectivity index (χ2v) is 12.4. The van der Waals surface area contributed by atoms with Crippen molar-refractivity contribution in [3.8, 4) is 5.75 Å². The number of amides is 2. The number of aromatic hydroxyl groups is 1. The van der Waals surface area contributed by atoms with E-state index >= 15 is 0 Å². The molecule has 45 heavy (non-hydrogen) atoms. The van der Waals surface area contributed by atoms with Crippen LogP contribution >= 0.6 is 0 Å². The largest absolute Gasteiger partial charge is 0.502 e. The number of primary amides is 1. The summed E-state index contributed by atoms with van der Waals surface area (Å²) in [5.41, 5.74) is 7.76. The molecular formula is C33H40N4O8. The van der Waals surface area contributed by atoms with Gasteiger partial charge in [-0.3, -0.25) is 29.3 Å². The lowest BCUT2D eigenvalue weighted by Gasteiger charge is -2.26. The highest BCUT2D eigenvalue weighted by Gasteiger charge is 2.50. The van der Waals surface area contributed by atoms with Crippen LogP contribution in [0.1, 0.15) is 55.2 Å². The Morgan fingerprint density at radius 2 is 1.73 bits per heavy atom. The fourth-order valence-electron chi connectivity index (χ4n) is 6.67. The molecule has 2 aromatic rings. The van der Waals surface area contributed by atoms with Crippen LogP contribution in [0.25, 0.3) is 0 Å². The van der Waals surface area contributed by atoms with Crippen LogP contribution in [-0.4, -0.2) is 76.2 Å². The van der Waals surface area contributed by atoms with Crippen molar-refractivity contribution in [1.82, 2.24) is 10.2 Å². The van der Waals surface area contributed by atoms with Crippen molar-refractivity contribution < 1.29 is 33.9 Å². The first-order valence-electron chi connectivity index (χ1n) is 15.7. The number of nitrogens with two attached hydrogens (primary N) is 1. The first-order valence-corrected chi connectivity index (χ1v) is 15.7. The molecule has 0 saturated carbocycles. The van der Waals surface area contributed by atoms with Crippen LogP contribution in [0.4, 0.5) is 5.69 Å². The highest BCUT2D eigenvalue weighted by Crippen LogP contribution is 2.34. The van der Waals surface area contributed by atoms with Gasteiger partial charge in [-0.05, 0) is 86.8 Å². The molecule has 1 aliphatic carbocycles. The number of nitro benzene ring substituents is 1. The third-order valence-corrected chi connectivity index (χ3v) is 9.23. The summed E-state index contributed by atoms with van der Waals surface area (Å²) in [5.74, 6) is -3.40. The summed E-state index contributed by atoms with van der Waals surface area (Å²) in [4.78, 5) is 65.3. The zero-order valence-electron chi connectivity index (χ0n) is 25.2. The predicted octanol–water partition coefficient (Wildman–Crippen LogP) is 2.41. The molecule has 4 atom stereocenters. The summed E-state index contributed by atoms with van der Waals surface area (Å²) in [6.45, 7) is 2.88. The third-order valence-electron chi connectivity index (χ3n) is 9.23. The summed E-state index contributed by atoms with van der Waals surface area (Å²) in [7, 11) is 0. The van der Waals surface area contributed by atoms with Crippen LogP contribution < -0.4 is 11.1 Å². The number of rotatable bonds is 15. The van der Waals surface area contributed by atoms with Gasteiger partial charge in [-0.15, -0.1) is 0 Å². The monoisotopic (exact) mass is 620 g/mol. The quantitative estimate of drug-likeness (QED) is 0.153. The minimum atomic E-state index is -1.17. The molecule has 0 radical (unpaired) electrons. The van der Waals surface area contributed by atoms with Gasteiger partial charge in [0, 0.05) is 24.8 Å². The Balaban J connectivity index is 1.25. The number of fused-ring (bicyclic) bond motifs is 1. The smallest absolute Gasteiger partial charge is 0.310 e. The van der Waals surface area contributed by atoms with Crippen LogP contribution in [-0.2, 0) is 43.2 Å². The zero-order chi connectivity index (χ0) is 32.1. The van der Waals surface area contributed by atoms with Gasteiger partial charge in [0.2, 0.25) is 5.91 Å². The number of hydrogen-bond donors (Lipinski definition) is 3. The topological polar surface area (TPSA) is 185 Å². The number of piperidine rings is 1. The molecule has 2 saturated heterocycles. The van der Waals surface area contributed by atoms with Crippen LogP contribution in [0.3, 0.4) is 0 Å². The standard InChI is InChI=1S/C33H40N4O8/c34-32(41)24(23-17-21-7-2-3-8-22(21)18-23)19-29(40)25(15-20-10-11-27(38)26(16-20)37(43)44)35-33(42)31-30(45-31)28(39)9-6-14-36-12-4-1-5-13-36/h2-3,7-8,10-11,16,23-25,30-31,38H,1,4-6,9,12-15,17-19H2,(H2,34,41)(H,35,42)/t24-,25-,30-,31?/m1/s1. The van der Waals surface area contributed by atoms with E-state index in [1.807, 2.05) is 24.3 Å². The lowest BCUT2D eigenvalue weighted by atomic mass is 9.83. The maximum absolute atomic E-state index is 13.7. The molecule has 0 aromatic heterocycles. The Morgan fingerprint density at radius 3 is 2.38 bits per heavy atom. The summed E-state index contributed by atoms with van der Waals surface area (Å²) in [6, 6.07) is 10.3. The van der Waals surface area contributed by atoms with Gasteiger partial charge in [0.15, 0.2) is 29.5 Å². The number of ketones is 2. The summed E-state index contributed by atoms with van der Waals surface area (Å²) < 4.78 is 5.43. The molecular weight excluding hydrogens is 580 g/mol. The first kappa shape index (κ1) is 32.2. The van der Waals surface area contributed by atoms with Gasteiger partial charge in [-0.2, -0.15) is 0 Å². The molecule has 2 amide bonds. The third kappa shape index (κ3) is 8.12. The lowest BCUT2D eigenvalue weighted by Crippen LogP contribution is -2.46. The van der Waals surface area contributed by atoms with Crippen molar-refractivity contribution in [3.63, 3.8) is 0 Å². The van der Waals surface area contributed by atoms with Gasteiger partial charge in [0.1, 0.15) is 0 Å². The van der Waals surface area contributed by atoms with E-state index in [0.717, 1.165) is 55.7 Å². The van der Waals surface area contributed by atoms with Crippen LogP contribution in [0.2, 0.25) is 0 Å². The molecule has 12 nitrogen and oxygen atoms in total.